The quantitative estimate of drug-likeness (QED) is 0.816. The van der Waals surface area contributed by atoms with Gasteiger partial charge in [-0.3, -0.25) is 14.4 Å². The molecule has 3 rings (SSSR count). The van der Waals surface area contributed by atoms with Crippen LogP contribution in [0.5, 0.6) is 0 Å². The molecule has 0 atom stereocenters. The van der Waals surface area contributed by atoms with E-state index in [-0.39, 0.29) is 23.2 Å². The van der Waals surface area contributed by atoms with Gasteiger partial charge in [0.25, 0.3) is 5.91 Å². The molecule has 0 aromatic heterocycles. The molecule has 1 aliphatic rings. The van der Waals surface area contributed by atoms with Gasteiger partial charge in [-0.15, -0.1) is 0 Å². The van der Waals surface area contributed by atoms with E-state index >= 15 is 0 Å². The van der Waals surface area contributed by atoms with Crippen molar-refractivity contribution >= 4 is 23.3 Å². The van der Waals surface area contributed by atoms with Gasteiger partial charge in [-0.2, -0.15) is 0 Å². The van der Waals surface area contributed by atoms with Gasteiger partial charge < -0.3 is 10.2 Å². The number of likely N-dealkylation sites (tertiary alicyclic amines) is 1. The van der Waals surface area contributed by atoms with Crippen molar-refractivity contribution < 1.29 is 23.2 Å². The van der Waals surface area contributed by atoms with Gasteiger partial charge in [0.2, 0.25) is 5.91 Å². The summed E-state index contributed by atoms with van der Waals surface area (Å²) in [7, 11) is 0. The van der Waals surface area contributed by atoms with Crippen molar-refractivity contribution in [2.75, 3.05) is 18.4 Å². The van der Waals surface area contributed by atoms with Gasteiger partial charge in [0, 0.05) is 36.3 Å². The van der Waals surface area contributed by atoms with Gasteiger partial charge in [-0.25, -0.2) is 8.78 Å². The second kappa shape index (κ2) is 8.29. The molecule has 0 saturated carbocycles. The topological polar surface area (TPSA) is 66.5 Å². The average Bonchev–Trinajstić information content (AvgIpc) is 2.68. The summed E-state index contributed by atoms with van der Waals surface area (Å²) >= 11 is 0. The Morgan fingerprint density at radius 2 is 1.64 bits per heavy atom. The number of ketones is 1. The van der Waals surface area contributed by atoms with Crippen LogP contribution in [0.2, 0.25) is 0 Å². The maximum absolute atomic E-state index is 13.8. The predicted molar refractivity (Wildman–Crippen MR) is 100 cm³/mol. The van der Waals surface area contributed by atoms with E-state index in [0.717, 1.165) is 12.1 Å². The summed E-state index contributed by atoms with van der Waals surface area (Å²) in [6, 6.07) is 9.51. The molecule has 1 aliphatic heterocycles. The SMILES string of the molecule is CC(=O)c1ccc(NC(=O)C2CCN(C(=O)c3ccc(F)cc3F)CC2)cc1. The first-order chi connectivity index (χ1) is 13.3. The lowest BCUT2D eigenvalue weighted by molar-refractivity contribution is -0.121. The van der Waals surface area contributed by atoms with Crippen LogP contribution < -0.4 is 5.32 Å². The molecule has 5 nitrogen and oxygen atoms in total. The monoisotopic (exact) mass is 386 g/mol. The maximum atomic E-state index is 13.8. The number of amides is 2. The van der Waals surface area contributed by atoms with E-state index in [4.69, 9.17) is 0 Å². The van der Waals surface area contributed by atoms with Crippen LogP contribution in [0.3, 0.4) is 0 Å². The minimum absolute atomic E-state index is 0.0486. The molecule has 1 N–H and O–H groups in total. The summed E-state index contributed by atoms with van der Waals surface area (Å²) in [5, 5.41) is 2.81. The van der Waals surface area contributed by atoms with Crippen LogP contribution in [0.25, 0.3) is 0 Å². The highest BCUT2D eigenvalue weighted by atomic mass is 19.1. The first-order valence-electron chi connectivity index (χ1n) is 9.01. The number of halogens is 2. The van der Waals surface area contributed by atoms with Gasteiger partial charge in [-0.05, 0) is 56.2 Å². The Morgan fingerprint density at radius 1 is 1.00 bits per heavy atom. The largest absolute Gasteiger partial charge is 0.339 e. The van der Waals surface area contributed by atoms with Crippen molar-refractivity contribution in [1.29, 1.82) is 0 Å². The van der Waals surface area contributed by atoms with Crippen LogP contribution in [0.1, 0.15) is 40.5 Å². The number of nitrogens with zero attached hydrogens (tertiary/aromatic N) is 1. The number of carbonyl (C=O) groups excluding carboxylic acids is 3. The number of benzene rings is 2. The Labute approximate surface area is 161 Å². The fourth-order valence-electron chi connectivity index (χ4n) is 3.21. The minimum atomic E-state index is -0.890. The zero-order valence-electron chi connectivity index (χ0n) is 15.4. The lowest BCUT2D eigenvalue weighted by Crippen LogP contribution is -2.41. The summed E-state index contributed by atoms with van der Waals surface area (Å²) in [5.41, 5.74) is 0.995. The van der Waals surface area contributed by atoms with Gasteiger partial charge in [0.05, 0.1) is 5.56 Å². The predicted octanol–water partition coefficient (Wildman–Crippen LogP) is 3.66. The zero-order chi connectivity index (χ0) is 20.3. The summed E-state index contributed by atoms with van der Waals surface area (Å²) in [6.07, 6.45) is 0.901. The third kappa shape index (κ3) is 4.42. The first kappa shape index (κ1) is 19.7. The standard InChI is InChI=1S/C21H20F2N2O3/c1-13(26)14-2-5-17(6-3-14)24-20(27)15-8-10-25(11-9-15)21(28)18-7-4-16(22)12-19(18)23/h2-7,12,15H,8-11H2,1H3,(H,24,27). The van der Waals surface area contributed by atoms with Crippen LogP contribution in [-0.4, -0.2) is 35.6 Å². The smallest absolute Gasteiger partial charge is 0.256 e. The lowest BCUT2D eigenvalue weighted by Gasteiger charge is -2.31. The van der Waals surface area contributed by atoms with Gasteiger partial charge in [-0.1, -0.05) is 0 Å². The highest BCUT2D eigenvalue weighted by molar-refractivity contribution is 5.97. The van der Waals surface area contributed by atoms with Gasteiger partial charge in [0.15, 0.2) is 5.78 Å². The Morgan fingerprint density at radius 3 is 2.21 bits per heavy atom. The normalized spacial score (nSPS) is 14.6. The van der Waals surface area contributed by atoms with E-state index in [1.54, 1.807) is 24.3 Å². The number of anilines is 1. The Kier molecular flexibility index (Phi) is 5.82. The molecule has 0 radical (unpaired) electrons. The highest BCUT2D eigenvalue weighted by Gasteiger charge is 2.29. The molecule has 7 heteroatoms. The Bertz CT molecular complexity index is 904. The first-order valence-corrected chi connectivity index (χ1v) is 9.01. The molecule has 0 bridgehead atoms. The van der Waals surface area contributed by atoms with Gasteiger partial charge in [0.1, 0.15) is 11.6 Å². The van der Waals surface area contributed by atoms with Crippen molar-refractivity contribution in [3.8, 4) is 0 Å². The molecule has 1 heterocycles. The zero-order valence-corrected chi connectivity index (χ0v) is 15.4. The van der Waals surface area contributed by atoms with Crippen LogP contribution in [0.4, 0.5) is 14.5 Å². The lowest BCUT2D eigenvalue weighted by atomic mass is 9.95. The van der Waals surface area contributed by atoms with E-state index in [2.05, 4.69) is 5.32 Å². The third-order valence-corrected chi connectivity index (χ3v) is 4.87. The number of piperidine rings is 1. The van der Waals surface area contributed by atoms with Gasteiger partial charge >= 0.3 is 0 Å². The Balaban J connectivity index is 1.56. The van der Waals surface area contributed by atoms with Crippen molar-refractivity contribution in [2.45, 2.75) is 19.8 Å². The summed E-state index contributed by atoms with van der Waals surface area (Å²) in [5.74, 6) is -2.60. The fourth-order valence-corrected chi connectivity index (χ4v) is 3.21. The number of hydrogen-bond donors (Lipinski definition) is 1. The molecule has 0 unspecified atom stereocenters. The fraction of sp³-hybridized carbons (Fsp3) is 0.286. The Hall–Kier alpha value is -3.09. The molecule has 28 heavy (non-hydrogen) atoms. The molecular weight excluding hydrogens is 366 g/mol. The van der Waals surface area contributed by atoms with E-state index in [0.29, 0.717) is 43.2 Å². The molecular formula is C21H20F2N2O3. The molecule has 2 aromatic carbocycles. The third-order valence-electron chi connectivity index (χ3n) is 4.87. The van der Waals surface area contributed by atoms with Crippen molar-refractivity contribution in [3.05, 3.63) is 65.2 Å². The number of Topliss-reactive ketones (excluding diaryl/α,β-unsaturated/α-hetero) is 1. The number of nitrogens with one attached hydrogen (secondary N) is 1. The number of hydrogen-bond acceptors (Lipinski definition) is 3. The molecule has 1 fully saturated rings. The van der Waals surface area contributed by atoms with E-state index in [1.165, 1.54) is 11.8 Å². The minimum Gasteiger partial charge on any atom is -0.339 e. The molecule has 2 amide bonds. The van der Waals surface area contributed by atoms with Crippen LogP contribution >= 0.6 is 0 Å². The second-order valence-electron chi connectivity index (χ2n) is 6.81. The van der Waals surface area contributed by atoms with E-state index in [9.17, 15) is 23.2 Å². The van der Waals surface area contributed by atoms with Crippen LogP contribution in [-0.2, 0) is 4.79 Å². The summed E-state index contributed by atoms with van der Waals surface area (Å²) in [6.45, 7) is 2.11. The summed E-state index contributed by atoms with van der Waals surface area (Å²) < 4.78 is 26.8. The van der Waals surface area contributed by atoms with Crippen molar-refractivity contribution in [1.82, 2.24) is 4.90 Å². The van der Waals surface area contributed by atoms with E-state index < -0.39 is 17.5 Å². The highest BCUT2D eigenvalue weighted by Crippen LogP contribution is 2.22. The number of carbonyl (C=O) groups is 3. The van der Waals surface area contributed by atoms with Crippen molar-refractivity contribution in [2.24, 2.45) is 5.92 Å². The maximum Gasteiger partial charge on any atom is 0.256 e. The molecule has 146 valence electrons. The molecule has 0 aliphatic carbocycles. The van der Waals surface area contributed by atoms with Crippen LogP contribution in [0.15, 0.2) is 42.5 Å². The van der Waals surface area contributed by atoms with Crippen LogP contribution in [0, 0.1) is 17.6 Å². The number of rotatable bonds is 4. The molecule has 0 spiro atoms. The molecule has 1 saturated heterocycles. The summed E-state index contributed by atoms with van der Waals surface area (Å²) in [4.78, 5) is 37.6. The second-order valence-corrected chi connectivity index (χ2v) is 6.81. The van der Waals surface area contributed by atoms with Crippen molar-refractivity contribution in [3.63, 3.8) is 0 Å². The molecule has 2 aromatic rings. The average molecular weight is 386 g/mol. The van der Waals surface area contributed by atoms with E-state index in [1.807, 2.05) is 0 Å².